The topological polar surface area (TPSA) is 40.6 Å². The van der Waals surface area contributed by atoms with Gasteiger partial charge in [0.2, 0.25) is 11.8 Å². The molecule has 5 heteroatoms. The molecular formula is C15H17FN2O2. The highest BCUT2D eigenvalue weighted by atomic mass is 19.1. The number of benzene rings is 1. The van der Waals surface area contributed by atoms with Gasteiger partial charge in [-0.1, -0.05) is 0 Å². The molecule has 2 aliphatic heterocycles. The largest absolute Gasteiger partial charge is 0.342 e. The summed E-state index contributed by atoms with van der Waals surface area (Å²) in [4.78, 5) is 27.8. The number of halogens is 1. The SMILES string of the molecule is O=C(C1CC(=O)N(c2ccc(F)cc2)C1)N1CCCC1. The summed E-state index contributed by atoms with van der Waals surface area (Å²) in [5.74, 6) is -0.564. The summed E-state index contributed by atoms with van der Waals surface area (Å²) in [5.41, 5.74) is 0.660. The molecule has 20 heavy (non-hydrogen) atoms. The second-order valence-electron chi connectivity index (χ2n) is 5.41. The van der Waals surface area contributed by atoms with Crippen molar-refractivity contribution in [2.75, 3.05) is 24.5 Å². The Bertz CT molecular complexity index is 523. The lowest BCUT2D eigenvalue weighted by Gasteiger charge is -2.20. The second-order valence-corrected chi connectivity index (χ2v) is 5.41. The standard InChI is InChI=1S/C15H17FN2O2/c16-12-3-5-13(6-4-12)18-10-11(9-14(18)19)15(20)17-7-1-2-8-17/h3-6,11H,1-2,7-10H2. The zero-order valence-electron chi connectivity index (χ0n) is 11.2. The first-order chi connectivity index (χ1) is 9.65. The van der Waals surface area contributed by atoms with Gasteiger partial charge >= 0.3 is 0 Å². The maximum atomic E-state index is 12.9. The molecule has 2 fully saturated rings. The van der Waals surface area contributed by atoms with Crippen molar-refractivity contribution in [1.29, 1.82) is 0 Å². The summed E-state index contributed by atoms with van der Waals surface area (Å²) >= 11 is 0. The third-order valence-corrected chi connectivity index (χ3v) is 4.03. The molecule has 0 aliphatic carbocycles. The molecule has 1 aromatic rings. The minimum absolute atomic E-state index is 0.0610. The predicted octanol–water partition coefficient (Wildman–Crippen LogP) is 1.80. The van der Waals surface area contributed by atoms with Gasteiger partial charge in [-0.3, -0.25) is 9.59 Å². The van der Waals surface area contributed by atoms with Crippen LogP contribution < -0.4 is 4.90 Å². The lowest BCUT2D eigenvalue weighted by Crippen LogP contribution is -2.35. The minimum atomic E-state index is -0.329. The zero-order valence-corrected chi connectivity index (χ0v) is 11.2. The van der Waals surface area contributed by atoms with E-state index in [2.05, 4.69) is 0 Å². The summed E-state index contributed by atoms with van der Waals surface area (Å²) < 4.78 is 12.9. The first-order valence-electron chi connectivity index (χ1n) is 7.00. The molecule has 2 amide bonds. The molecular weight excluding hydrogens is 259 g/mol. The average molecular weight is 276 g/mol. The number of carbonyl (C=O) groups excluding carboxylic acids is 2. The molecule has 2 saturated heterocycles. The third kappa shape index (κ3) is 2.40. The van der Waals surface area contributed by atoms with Crippen molar-refractivity contribution in [2.24, 2.45) is 5.92 Å². The van der Waals surface area contributed by atoms with Crippen molar-refractivity contribution in [2.45, 2.75) is 19.3 Å². The normalized spacial score (nSPS) is 22.6. The molecule has 0 radical (unpaired) electrons. The Morgan fingerprint density at radius 1 is 1.15 bits per heavy atom. The number of amides is 2. The molecule has 4 nitrogen and oxygen atoms in total. The van der Waals surface area contributed by atoms with E-state index in [1.165, 1.54) is 12.1 Å². The van der Waals surface area contributed by atoms with Crippen molar-refractivity contribution >= 4 is 17.5 Å². The summed E-state index contributed by atoms with van der Waals surface area (Å²) in [5, 5.41) is 0. The molecule has 1 unspecified atom stereocenters. The van der Waals surface area contributed by atoms with E-state index < -0.39 is 0 Å². The predicted molar refractivity (Wildman–Crippen MR) is 72.7 cm³/mol. The van der Waals surface area contributed by atoms with Gasteiger partial charge in [-0.25, -0.2) is 4.39 Å². The number of hydrogen-bond donors (Lipinski definition) is 0. The summed E-state index contributed by atoms with van der Waals surface area (Å²) in [6.45, 7) is 2.01. The molecule has 0 N–H and O–H groups in total. The van der Waals surface area contributed by atoms with Crippen molar-refractivity contribution in [3.05, 3.63) is 30.1 Å². The fourth-order valence-corrected chi connectivity index (χ4v) is 2.94. The van der Waals surface area contributed by atoms with Crippen molar-refractivity contribution in [3.8, 4) is 0 Å². The second kappa shape index (κ2) is 5.23. The molecule has 3 rings (SSSR count). The van der Waals surface area contributed by atoms with E-state index in [-0.39, 0.29) is 30.0 Å². The Labute approximate surface area is 117 Å². The van der Waals surface area contributed by atoms with Gasteiger partial charge in [-0.2, -0.15) is 0 Å². The van der Waals surface area contributed by atoms with E-state index in [0.29, 0.717) is 12.2 Å². The molecule has 1 atom stereocenters. The monoisotopic (exact) mass is 276 g/mol. The highest BCUT2D eigenvalue weighted by Gasteiger charge is 2.37. The zero-order chi connectivity index (χ0) is 14.1. The summed E-state index contributed by atoms with van der Waals surface area (Å²) in [6, 6.07) is 5.82. The van der Waals surface area contributed by atoms with Gasteiger partial charge < -0.3 is 9.80 Å². The fourth-order valence-electron chi connectivity index (χ4n) is 2.94. The van der Waals surface area contributed by atoms with Crippen LogP contribution in [0.5, 0.6) is 0 Å². The molecule has 2 aliphatic rings. The van der Waals surface area contributed by atoms with Crippen LogP contribution in [0.1, 0.15) is 19.3 Å². The van der Waals surface area contributed by atoms with Crippen molar-refractivity contribution in [3.63, 3.8) is 0 Å². The van der Waals surface area contributed by atoms with E-state index in [1.807, 2.05) is 4.90 Å². The van der Waals surface area contributed by atoms with Gasteiger partial charge in [0.05, 0.1) is 5.92 Å². The Morgan fingerprint density at radius 3 is 2.45 bits per heavy atom. The highest BCUT2D eigenvalue weighted by Crippen LogP contribution is 2.27. The van der Waals surface area contributed by atoms with Crippen LogP contribution in [-0.4, -0.2) is 36.3 Å². The van der Waals surface area contributed by atoms with Gasteiger partial charge in [0, 0.05) is 31.7 Å². The van der Waals surface area contributed by atoms with E-state index in [9.17, 15) is 14.0 Å². The van der Waals surface area contributed by atoms with Gasteiger partial charge in [-0.15, -0.1) is 0 Å². The maximum Gasteiger partial charge on any atom is 0.228 e. The maximum absolute atomic E-state index is 12.9. The van der Waals surface area contributed by atoms with Crippen LogP contribution in [-0.2, 0) is 9.59 Å². The van der Waals surface area contributed by atoms with Crippen molar-refractivity contribution in [1.82, 2.24) is 4.90 Å². The van der Waals surface area contributed by atoms with Gasteiger partial charge in [-0.05, 0) is 37.1 Å². The molecule has 1 aromatic carbocycles. The quantitative estimate of drug-likeness (QED) is 0.826. The van der Waals surface area contributed by atoms with E-state index in [4.69, 9.17) is 0 Å². The fraction of sp³-hybridized carbons (Fsp3) is 0.467. The Kier molecular flexibility index (Phi) is 3.42. The smallest absolute Gasteiger partial charge is 0.228 e. The Hall–Kier alpha value is -1.91. The number of likely N-dealkylation sites (tertiary alicyclic amines) is 1. The Morgan fingerprint density at radius 2 is 1.80 bits per heavy atom. The van der Waals surface area contributed by atoms with E-state index in [0.717, 1.165) is 25.9 Å². The lowest BCUT2D eigenvalue weighted by molar-refractivity contribution is -0.134. The number of hydrogen-bond acceptors (Lipinski definition) is 2. The highest BCUT2D eigenvalue weighted by molar-refractivity contribution is 6.00. The average Bonchev–Trinajstić information content (AvgIpc) is 3.08. The van der Waals surface area contributed by atoms with Crippen LogP contribution in [0.2, 0.25) is 0 Å². The number of carbonyl (C=O) groups is 2. The summed E-state index contributed by atoms with van der Waals surface area (Å²) in [7, 11) is 0. The molecule has 0 bridgehead atoms. The molecule has 106 valence electrons. The third-order valence-electron chi connectivity index (χ3n) is 4.03. The van der Waals surface area contributed by atoms with Crippen LogP contribution in [0.25, 0.3) is 0 Å². The van der Waals surface area contributed by atoms with Crippen molar-refractivity contribution < 1.29 is 14.0 Å². The first kappa shape index (κ1) is 13.1. The van der Waals surface area contributed by atoms with E-state index in [1.54, 1.807) is 17.0 Å². The first-order valence-corrected chi connectivity index (χ1v) is 7.00. The molecule has 2 heterocycles. The number of anilines is 1. The number of rotatable bonds is 2. The van der Waals surface area contributed by atoms with Crippen LogP contribution in [0.4, 0.5) is 10.1 Å². The van der Waals surface area contributed by atoms with E-state index >= 15 is 0 Å². The summed E-state index contributed by atoms with van der Waals surface area (Å²) in [6.07, 6.45) is 2.36. The molecule has 0 saturated carbocycles. The Balaban J connectivity index is 1.71. The molecule has 0 aromatic heterocycles. The van der Waals surface area contributed by atoms with Gasteiger partial charge in [0.1, 0.15) is 5.82 Å². The van der Waals surface area contributed by atoms with Gasteiger partial charge in [0.15, 0.2) is 0 Å². The molecule has 0 spiro atoms. The van der Waals surface area contributed by atoms with Gasteiger partial charge in [0.25, 0.3) is 0 Å². The van der Waals surface area contributed by atoms with Crippen LogP contribution >= 0.6 is 0 Å². The van der Waals surface area contributed by atoms with Crippen LogP contribution in [0.15, 0.2) is 24.3 Å². The minimum Gasteiger partial charge on any atom is -0.342 e. The van der Waals surface area contributed by atoms with Crippen LogP contribution in [0, 0.1) is 11.7 Å². The lowest BCUT2D eigenvalue weighted by atomic mass is 10.1. The number of nitrogens with zero attached hydrogens (tertiary/aromatic N) is 2. The van der Waals surface area contributed by atoms with Crippen LogP contribution in [0.3, 0.4) is 0 Å².